The highest BCUT2D eigenvalue weighted by molar-refractivity contribution is 5.97. The van der Waals surface area contributed by atoms with Gasteiger partial charge in [-0.15, -0.1) is 0 Å². The number of halogens is 1. The minimum Gasteiger partial charge on any atom is -0.294 e. The normalized spacial score (nSPS) is 10.6. The van der Waals surface area contributed by atoms with E-state index in [-0.39, 0.29) is 11.7 Å². The molecule has 0 aliphatic carbocycles. The zero-order valence-corrected chi connectivity index (χ0v) is 8.46. The molecule has 0 bridgehead atoms. The summed E-state index contributed by atoms with van der Waals surface area (Å²) in [6.07, 6.45) is 4.09. The van der Waals surface area contributed by atoms with Crippen molar-refractivity contribution in [1.29, 1.82) is 0 Å². The van der Waals surface area contributed by atoms with E-state index < -0.39 is 5.82 Å². The molecule has 0 saturated carbocycles. The Bertz CT molecular complexity index is 321. The van der Waals surface area contributed by atoms with Crippen molar-refractivity contribution in [2.75, 3.05) is 0 Å². The molecule has 2 nitrogen and oxygen atoms in total. The highest BCUT2D eigenvalue weighted by atomic mass is 19.1. The van der Waals surface area contributed by atoms with Crippen LogP contribution in [0.1, 0.15) is 37.0 Å². The van der Waals surface area contributed by atoms with Crippen molar-refractivity contribution >= 4 is 5.78 Å². The predicted octanol–water partition coefficient (Wildman–Crippen LogP) is 2.84. The van der Waals surface area contributed by atoms with Gasteiger partial charge in [0.05, 0.1) is 6.20 Å². The predicted molar refractivity (Wildman–Crippen MR) is 52.6 cm³/mol. The van der Waals surface area contributed by atoms with Gasteiger partial charge in [-0.2, -0.15) is 0 Å². The second-order valence-electron chi connectivity index (χ2n) is 3.27. The second-order valence-corrected chi connectivity index (χ2v) is 3.27. The maximum atomic E-state index is 12.8. The van der Waals surface area contributed by atoms with Gasteiger partial charge in [-0.25, -0.2) is 4.39 Å². The van der Waals surface area contributed by atoms with Crippen molar-refractivity contribution in [2.45, 2.75) is 26.7 Å². The number of aromatic nitrogens is 1. The van der Waals surface area contributed by atoms with Crippen LogP contribution >= 0.6 is 0 Å². The fourth-order valence-electron chi connectivity index (χ4n) is 1.44. The summed E-state index contributed by atoms with van der Waals surface area (Å²) >= 11 is 0. The lowest BCUT2D eigenvalue weighted by molar-refractivity contribution is 0.0912. The molecule has 0 saturated heterocycles. The van der Waals surface area contributed by atoms with Crippen LogP contribution in [-0.2, 0) is 0 Å². The third-order valence-electron chi connectivity index (χ3n) is 2.35. The Kier molecular flexibility index (Phi) is 3.74. The first-order valence-corrected chi connectivity index (χ1v) is 4.83. The third-order valence-corrected chi connectivity index (χ3v) is 2.35. The van der Waals surface area contributed by atoms with Crippen molar-refractivity contribution in [3.63, 3.8) is 0 Å². The molecular formula is C11H14FNO. The summed E-state index contributed by atoms with van der Waals surface area (Å²) < 4.78 is 12.8. The minimum atomic E-state index is -0.457. The molecule has 0 amide bonds. The summed E-state index contributed by atoms with van der Waals surface area (Å²) in [5, 5.41) is 0. The number of rotatable bonds is 4. The van der Waals surface area contributed by atoms with Crippen LogP contribution in [0.4, 0.5) is 4.39 Å². The monoisotopic (exact) mass is 195 g/mol. The van der Waals surface area contributed by atoms with Gasteiger partial charge >= 0.3 is 0 Å². The van der Waals surface area contributed by atoms with Crippen LogP contribution in [0.2, 0.25) is 0 Å². The highest BCUT2D eigenvalue weighted by Gasteiger charge is 2.16. The summed E-state index contributed by atoms with van der Waals surface area (Å²) in [7, 11) is 0. The van der Waals surface area contributed by atoms with Gasteiger partial charge in [0.25, 0.3) is 0 Å². The van der Waals surface area contributed by atoms with Crippen molar-refractivity contribution < 1.29 is 9.18 Å². The Morgan fingerprint density at radius 1 is 1.43 bits per heavy atom. The van der Waals surface area contributed by atoms with Gasteiger partial charge in [-0.1, -0.05) is 13.8 Å². The molecule has 0 unspecified atom stereocenters. The Labute approximate surface area is 83.2 Å². The lowest BCUT2D eigenvalue weighted by Gasteiger charge is -2.10. The van der Waals surface area contributed by atoms with E-state index in [1.807, 2.05) is 13.8 Å². The average Bonchev–Trinajstić information content (AvgIpc) is 2.19. The van der Waals surface area contributed by atoms with Crippen LogP contribution in [0.3, 0.4) is 0 Å². The van der Waals surface area contributed by atoms with Gasteiger partial charge in [0.1, 0.15) is 5.82 Å². The number of carbonyl (C=O) groups excluding carboxylic acids is 1. The van der Waals surface area contributed by atoms with Gasteiger partial charge in [-0.3, -0.25) is 9.78 Å². The van der Waals surface area contributed by atoms with E-state index in [1.54, 1.807) is 0 Å². The van der Waals surface area contributed by atoms with Crippen molar-refractivity contribution in [3.8, 4) is 0 Å². The first-order valence-electron chi connectivity index (χ1n) is 4.83. The van der Waals surface area contributed by atoms with Crippen LogP contribution in [0.5, 0.6) is 0 Å². The van der Waals surface area contributed by atoms with Crippen molar-refractivity contribution in [2.24, 2.45) is 5.92 Å². The number of pyridine rings is 1. The number of nitrogens with zero attached hydrogens (tertiary/aromatic N) is 1. The van der Waals surface area contributed by atoms with Crippen LogP contribution in [0, 0.1) is 11.7 Å². The summed E-state index contributed by atoms with van der Waals surface area (Å²) in [5.74, 6) is -0.484. The Balaban J connectivity index is 2.88. The standard InChI is InChI=1S/C11H14FNO/c1-3-8(4-2)11(14)9-5-10(12)7-13-6-9/h5-8H,3-4H2,1-2H3. The quantitative estimate of drug-likeness (QED) is 0.691. The first-order chi connectivity index (χ1) is 6.69. The number of hydrogen-bond acceptors (Lipinski definition) is 2. The molecule has 0 atom stereocenters. The first kappa shape index (κ1) is 10.8. The molecule has 1 rings (SSSR count). The SMILES string of the molecule is CCC(CC)C(=O)c1cncc(F)c1. The number of hydrogen-bond donors (Lipinski definition) is 0. The molecule has 0 spiro atoms. The second kappa shape index (κ2) is 4.84. The molecule has 76 valence electrons. The van der Waals surface area contributed by atoms with Gasteiger partial charge in [0.15, 0.2) is 5.78 Å². The summed E-state index contributed by atoms with van der Waals surface area (Å²) in [6.45, 7) is 3.91. The topological polar surface area (TPSA) is 30.0 Å². The van der Waals surface area contributed by atoms with Crippen LogP contribution in [-0.4, -0.2) is 10.8 Å². The van der Waals surface area contributed by atoms with Gasteiger partial charge in [0, 0.05) is 17.7 Å². The lowest BCUT2D eigenvalue weighted by atomic mass is 9.94. The van der Waals surface area contributed by atoms with E-state index in [0.29, 0.717) is 5.56 Å². The van der Waals surface area contributed by atoms with E-state index in [1.165, 1.54) is 12.3 Å². The van der Waals surface area contributed by atoms with Crippen LogP contribution in [0.25, 0.3) is 0 Å². The highest BCUT2D eigenvalue weighted by Crippen LogP contribution is 2.15. The fraction of sp³-hybridized carbons (Fsp3) is 0.455. The Morgan fingerprint density at radius 2 is 2.07 bits per heavy atom. The van der Waals surface area contributed by atoms with Crippen molar-refractivity contribution in [3.05, 3.63) is 29.8 Å². The molecule has 1 aromatic heterocycles. The number of carbonyl (C=O) groups is 1. The molecular weight excluding hydrogens is 181 g/mol. The molecule has 3 heteroatoms. The zero-order chi connectivity index (χ0) is 10.6. The van der Waals surface area contributed by atoms with E-state index >= 15 is 0 Å². The minimum absolute atomic E-state index is 0.0120. The number of Topliss-reactive ketones (excluding diaryl/α,β-unsaturated/α-hetero) is 1. The van der Waals surface area contributed by atoms with Gasteiger partial charge < -0.3 is 0 Å². The van der Waals surface area contributed by atoms with E-state index in [0.717, 1.165) is 19.0 Å². The van der Waals surface area contributed by atoms with Crippen LogP contribution in [0.15, 0.2) is 18.5 Å². The van der Waals surface area contributed by atoms with Gasteiger partial charge in [0.2, 0.25) is 0 Å². The Morgan fingerprint density at radius 3 is 2.57 bits per heavy atom. The Hall–Kier alpha value is -1.25. The van der Waals surface area contributed by atoms with E-state index in [4.69, 9.17) is 0 Å². The molecule has 1 heterocycles. The molecule has 0 aliphatic heterocycles. The average molecular weight is 195 g/mol. The fourth-order valence-corrected chi connectivity index (χ4v) is 1.44. The summed E-state index contributed by atoms with van der Waals surface area (Å²) in [5.41, 5.74) is 0.374. The third kappa shape index (κ3) is 2.37. The summed E-state index contributed by atoms with van der Waals surface area (Å²) in [4.78, 5) is 15.4. The summed E-state index contributed by atoms with van der Waals surface area (Å²) in [6, 6.07) is 1.24. The van der Waals surface area contributed by atoms with Gasteiger partial charge in [-0.05, 0) is 18.9 Å². The molecule has 14 heavy (non-hydrogen) atoms. The zero-order valence-electron chi connectivity index (χ0n) is 8.46. The van der Waals surface area contributed by atoms with Crippen LogP contribution < -0.4 is 0 Å². The molecule has 0 N–H and O–H groups in total. The molecule has 0 radical (unpaired) electrons. The molecule has 0 aromatic carbocycles. The van der Waals surface area contributed by atoms with E-state index in [2.05, 4.69) is 4.98 Å². The molecule has 0 aliphatic rings. The maximum Gasteiger partial charge on any atom is 0.167 e. The number of ketones is 1. The van der Waals surface area contributed by atoms with E-state index in [9.17, 15) is 9.18 Å². The van der Waals surface area contributed by atoms with Crippen molar-refractivity contribution in [1.82, 2.24) is 4.98 Å². The largest absolute Gasteiger partial charge is 0.294 e. The lowest BCUT2D eigenvalue weighted by Crippen LogP contribution is -2.13. The smallest absolute Gasteiger partial charge is 0.167 e. The maximum absolute atomic E-state index is 12.8. The molecule has 0 fully saturated rings. The molecule has 1 aromatic rings.